The van der Waals surface area contributed by atoms with E-state index in [4.69, 9.17) is 27.9 Å². The summed E-state index contributed by atoms with van der Waals surface area (Å²) in [5, 5.41) is 13.0. The van der Waals surface area contributed by atoms with Crippen LogP contribution >= 0.6 is 23.2 Å². The molecule has 1 aromatic rings. The molecule has 6 heteroatoms. The molecule has 0 aliphatic carbocycles. The van der Waals surface area contributed by atoms with Gasteiger partial charge >= 0.3 is 0 Å². The molecule has 1 fully saturated rings. The van der Waals surface area contributed by atoms with Crippen LogP contribution in [0.3, 0.4) is 0 Å². The highest BCUT2D eigenvalue weighted by atomic mass is 35.5. The van der Waals surface area contributed by atoms with E-state index < -0.39 is 5.41 Å². The molecular formula is C14H14Cl2N2O2. The number of carbonyl (C=O) groups is 1. The van der Waals surface area contributed by atoms with Crippen molar-refractivity contribution in [2.75, 3.05) is 18.5 Å². The third-order valence-electron chi connectivity index (χ3n) is 3.49. The fourth-order valence-corrected chi connectivity index (χ4v) is 2.52. The minimum atomic E-state index is -1.06. The molecule has 106 valence electrons. The number of halogens is 2. The molecule has 20 heavy (non-hydrogen) atoms. The zero-order valence-corrected chi connectivity index (χ0v) is 12.5. The molecule has 1 amide bonds. The lowest BCUT2D eigenvalue weighted by Gasteiger charge is -2.29. The van der Waals surface area contributed by atoms with Crippen molar-refractivity contribution in [3.05, 3.63) is 27.7 Å². The lowest BCUT2D eigenvalue weighted by molar-refractivity contribution is -0.126. The van der Waals surface area contributed by atoms with Gasteiger partial charge in [0.25, 0.3) is 0 Å². The van der Waals surface area contributed by atoms with Crippen molar-refractivity contribution in [2.24, 2.45) is 5.41 Å². The number of nitriles is 1. The summed E-state index contributed by atoms with van der Waals surface area (Å²) in [6, 6.07) is 5.40. The van der Waals surface area contributed by atoms with Gasteiger partial charge in [0.2, 0.25) is 5.91 Å². The van der Waals surface area contributed by atoms with Crippen LogP contribution in [-0.2, 0) is 9.53 Å². The first kappa shape index (κ1) is 15.1. The maximum Gasteiger partial charge on any atom is 0.245 e. The summed E-state index contributed by atoms with van der Waals surface area (Å²) in [4.78, 5) is 12.4. The molecule has 0 saturated carbocycles. The Bertz CT molecular complexity index is 575. The van der Waals surface area contributed by atoms with Gasteiger partial charge in [-0.3, -0.25) is 4.79 Å². The van der Waals surface area contributed by atoms with E-state index >= 15 is 0 Å². The highest BCUT2D eigenvalue weighted by molar-refractivity contribution is 6.36. The normalized spacial score (nSPS) is 17.3. The minimum Gasteiger partial charge on any atom is -0.381 e. The van der Waals surface area contributed by atoms with Crippen LogP contribution in [0.2, 0.25) is 10.0 Å². The number of amides is 1. The van der Waals surface area contributed by atoms with E-state index in [9.17, 15) is 10.1 Å². The van der Waals surface area contributed by atoms with Gasteiger partial charge in [-0.15, -0.1) is 0 Å². The van der Waals surface area contributed by atoms with Crippen LogP contribution in [0.5, 0.6) is 0 Å². The number of benzene rings is 1. The molecule has 0 atom stereocenters. The lowest BCUT2D eigenvalue weighted by Crippen LogP contribution is -2.40. The van der Waals surface area contributed by atoms with E-state index in [2.05, 4.69) is 11.4 Å². The summed E-state index contributed by atoms with van der Waals surface area (Å²) in [5.74, 6) is -0.356. The Hall–Kier alpha value is -1.28. The fourth-order valence-electron chi connectivity index (χ4n) is 2.09. The summed E-state index contributed by atoms with van der Waals surface area (Å²) < 4.78 is 5.21. The number of hydrogen-bond acceptors (Lipinski definition) is 3. The largest absolute Gasteiger partial charge is 0.381 e. The average Bonchev–Trinajstić information content (AvgIpc) is 2.45. The van der Waals surface area contributed by atoms with Gasteiger partial charge < -0.3 is 10.1 Å². The number of nitrogens with one attached hydrogen (secondary N) is 1. The van der Waals surface area contributed by atoms with Crippen molar-refractivity contribution >= 4 is 34.8 Å². The second-order valence-electron chi connectivity index (χ2n) is 4.84. The van der Waals surface area contributed by atoms with Gasteiger partial charge in [-0.1, -0.05) is 23.2 Å². The molecule has 0 unspecified atom stereocenters. The highest BCUT2D eigenvalue weighted by Gasteiger charge is 2.40. The van der Waals surface area contributed by atoms with E-state index in [-0.39, 0.29) is 5.91 Å². The second-order valence-corrected chi connectivity index (χ2v) is 5.66. The number of rotatable bonds is 2. The van der Waals surface area contributed by atoms with Crippen LogP contribution in [0.15, 0.2) is 12.1 Å². The topological polar surface area (TPSA) is 62.1 Å². The standard InChI is InChI=1S/C14H14Cl2N2O2/c1-9-6-11(16)12(7-10(9)15)18-13(19)14(8-17)2-4-20-5-3-14/h6-7H,2-5H2,1H3,(H,18,19). The number of aryl methyl sites for hydroxylation is 1. The molecule has 1 aliphatic rings. The Morgan fingerprint density at radius 1 is 1.35 bits per heavy atom. The zero-order valence-electron chi connectivity index (χ0n) is 11.0. The van der Waals surface area contributed by atoms with Crippen molar-refractivity contribution in [3.63, 3.8) is 0 Å². The van der Waals surface area contributed by atoms with Gasteiger partial charge in [-0.25, -0.2) is 0 Å². The Morgan fingerprint density at radius 3 is 2.60 bits per heavy atom. The van der Waals surface area contributed by atoms with Gasteiger partial charge in [0.1, 0.15) is 5.41 Å². The monoisotopic (exact) mass is 312 g/mol. The Kier molecular flexibility index (Phi) is 4.54. The number of anilines is 1. The zero-order chi connectivity index (χ0) is 14.8. The molecular weight excluding hydrogens is 299 g/mol. The number of hydrogen-bond donors (Lipinski definition) is 1. The fraction of sp³-hybridized carbons (Fsp3) is 0.429. The Morgan fingerprint density at radius 2 is 2.00 bits per heavy atom. The average molecular weight is 313 g/mol. The smallest absolute Gasteiger partial charge is 0.245 e. The second kappa shape index (κ2) is 6.01. The molecule has 1 aromatic carbocycles. The first-order valence-electron chi connectivity index (χ1n) is 6.24. The van der Waals surface area contributed by atoms with E-state index in [0.717, 1.165) is 5.56 Å². The van der Waals surface area contributed by atoms with Gasteiger partial charge in [-0.05, 0) is 37.5 Å². The predicted octanol–water partition coefficient (Wildman–Crippen LogP) is 3.56. The van der Waals surface area contributed by atoms with Crippen LogP contribution in [0.25, 0.3) is 0 Å². The van der Waals surface area contributed by atoms with Crippen LogP contribution in [0.4, 0.5) is 5.69 Å². The van der Waals surface area contributed by atoms with Gasteiger partial charge in [0.05, 0.1) is 16.8 Å². The highest BCUT2D eigenvalue weighted by Crippen LogP contribution is 2.34. The molecule has 1 heterocycles. The minimum absolute atomic E-state index is 0.356. The molecule has 0 radical (unpaired) electrons. The van der Waals surface area contributed by atoms with E-state index in [0.29, 0.717) is 41.8 Å². The lowest BCUT2D eigenvalue weighted by atomic mass is 9.81. The predicted molar refractivity (Wildman–Crippen MR) is 77.9 cm³/mol. The third-order valence-corrected chi connectivity index (χ3v) is 4.21. The molecule has 1 aliphatic heterocycles. The SMILES string of the molecule is Cc1cc(Cl)c(NC(=O)C2(C#N)CCOCC2)cc1Cl. The van der Waals surface area contributed by atoms with Gasteiger partial charge in [0.15, 0.2) is 0 Å². The molecule has 0 spiro atoms. The molecule has 2 rings (SSSR count). The summed E-state index contributed by atoms with van der Waals surface area (Å²) in [7, 11) is 0. The maximum atomic E-state index is 12.4. The van der Waals surface area contributed by atoms with Crippen molar-refractivity contribution in [2.45, 2.75) is 19.8 Å². The maximum absolute atomic E-state index is 12.4. The molecule has 0 bridgehead atoms. The van der Waals surface area contributed by atoms with E-state index in [1.807, 2.05) is 6.92 Å². The first-order valence-corrected chi connectivity index (χ1v) is 7.00. The molecule has 1 saturated heterocycles. The first-order chi connectivity index (χ1) is 9.48. The van der Waals surface area contributed by atoms with Gasteiger partial charge in [0, 0.05) is 18.2 Å². The molecule has 0 aromatic heterocycles. The number of carbonyl (C=O) groups excluding carboxylic acids is 1. The van der Waals surface area contributed by atoms with E-state index in [1.54, 1.807) is 12.1 Å². The van der Waals surface area contributed by atoms with Crippen LogP contribution in [-0.4, -0.2) is 19.1 Å². The quantitative estimate of drug-likeness (QED) is 0.908. The van der Waals surface area contributed by atoms with Crippen molar-refractivity contribution in [1.29, 1.82) is 5.26 Å². The van der Waals surface area contributed by atoms with Crippen molar-refractivity contribution in [3.8, 4) is 6.07 Å². The molecule has 1 N–H and O–H groups in total. The number of ether oxygens (including phenoxy) is 1. The summed E-state index contributed by atoms with van der Waals surface area (Å²) in [6.07, 6.45) is 0.763. The van der Waals surface area contributed by atoms with Crippen molar-refractivity contribution < 1.29 is 9.53 Å². The van der Waals surface area contributed by atoms with Crippen LogP contribution < -0.4 is 5.32 Å². The van der Waals surface area contributed by atoms with Crippen molar-refractivity contribution in [1.82, 2.24) is 0 Å². The Labute approximate surface area is 127 Å². The summed E-state index contributed by atoms with van der Waals surface area (Å²) in [5.41, 5.74) is 0.197. The van der Waals surface area contributed by atoms with Crippen LogP contribution in [0.1, 0.15) is 18.4 Å². The summed E-state index contributed by atoms with van der Waals surface area (Å²) in [6.45, 7) is 2.64. The van der Waals surface area contributed by atoms with E-state index in [1.165, 1.54) is 0 Å². The molecule has 4 nitrogen and oxygen atoms in total. The van der Waals surface area contributed by atoms with Gasteiger partial charge in [-0.2, -0.15) is 5.26 Å². The Balaban J connectivity index is 2.23. The number of nitrogens with zero attached hydrogens (tertiary/aromatic N) is 1. The van der Waals surface area contributed by atoms with Crippen LogP contribution in [0, 0.1) is 23.7 Å². The third kappa shape index (κ3) is 2.90. The summed E-state index contributed by atoms with van der Waals surface area (Å²) >= 11 is 12.1.